The van der Waals surface area contributed by atoms with E-state index in [2.05, 4.69) is 5.10 Å². The molecule has 5 heteroatoms. The van der Waals surface area contributed by atoms with Crippen LogP contribution in [0.4, 0.5) is 8.78 Å². The van der Waals surface area contributed by atoms with E-state index in [4.69, 9.17) is 0 Å². The summed E-state index contributed by atoms with van der Waals surface area (Å²) in [5.41, 5.74) is 0.819. The summed E-state index contributed by atoms with van der Waals surface area (Å²) in [5.74, 6) is -0.663. The van der Waals surface area contributed by atoms with Gasteiger partial charge >= 0.3 is 0 Å². The summed E-state index contributed by atoms with van der Waals surface area (Å²) >= 11 is 1.88. The molecule has 1 atom stereocenters. The van der Waals surface area contributed by atoms with Crippen LogP contribution >= 0.6 is 22.6 Å². The van der Waals surface area contributed by atoms with E-state index in [-0.39, 0.29) is 17.8 Å². The molecule has 1 aromatic heterocycles. The molecule has 0 saturated heterocycles. The molecule has 2 aromatic rings. The van der Waals surface area contributed by atoms with Gasteiger partial charge in [0.05, 0.1) is 15.8 Å². The van der Waals surface area contributed by atoms with Gasteiger partial charge in [0.15, 0.2) is 0 Å². The van der Waals surface area contributed by atoms with Gasteiger partial charge in [-0.2, -0.15) is 9.49 Å². The minimum absolute atomic E-state index is 0.246. The second kappa shape index (κ2) is 4.48. The Bertz CT molecular complexity index is 493. The van der Waals surface area contributed by atoms with E-state index in [9.17, 15) is 8.78 Å². The number of hydrogen-bond donors (Lipinski definition) is 0. The van der Waals surface area contributed by atoms with Gasteiger partial charge in [-0.1, -0.05) is 12.1 Å². The van der Waals surface area contributed by atoms with Crippen LogP contribution in [0.15, 0.2) is 30.5 Å². The summed E-state index contributed by atoms with van der Waals surface area (Å²) in [6, 6.07) is 5.74. The number of nitrogens with zero attached hydrogens (tertiary/aromatic N) is 2. The second-order valence-corrected chi connectivity index (χ2v) is 4.62. The van der Waals surface area contributed by atoms with Gasteiger partial charge in [-0.25, -0.2) is 9.07 Å². The third kappa shape index (κ3) is 2.09. The van der Waals surface area contributed by atoms with Gasteiger partial charge in [-0.15, -0.1) is 0 Å². The molecule has 0 fully saturated rings. The van der Waals surface area contributed by atoms with Gasteiger partial charge < -0.3 is 0 Å². The zero-order chi connectivity index (χ0) is 11.7. The van der Waals surface area contributed by atoms with Gasteiger partial charge in [0.2, 0.25) is 5.95 Å². The lowest BCUT2D eigenvalue weighted by atomic mass is 10.1. The summed E-state index contributed by atoms with van der Waals surface area (Å²) in [4.78, 5) is 0. The maximum atomic E-state index is 13.6. The summed E-state index contributed by atoms with van der Waals surface area (Å²) < 4.78 is 28.1. The quantitative estimate of drug-likeness (QED) is 0.770. The Morgan fingerprint density at radius 2 is 1.88 bits per heavy atom. The van der Waals surface area contributed by atoms with Gasteiger partial charge in [0, 0.05) is 0 Å². The van der Waals surface area contributed by atoms with E-state index in [1.165, 1.54) is 23.0 Å². The van der Waals surface area contributed by atoms with Crippen molar-refractivity contribution in [2.24, 2.45) is 0 Å². The fourth-order valence-corrected chi connectivity index (χ4v) is 1.85. The molecular weight excluding hydrogens is 325 g/mol. The Morgan fingerprint density at radius 1 is 1.25 bits per heavy atom. The van der Waals surface area contributed by atoms with Crippen LogP contribution in [0.5, 0.6) is 0 Å². The highest BCUT2D eigenvalue weighted by atomic mass is 127. The highest BCUT2D eigenvalue weighted by Crippen LogP contribution is 2.21. The molecule has 1 heterocycles. The Balaban J connectivity index is 2.35. The Morgan fingerprint density at radius 3 is 2.38 bits per heavy atom. The summed E-state index contributed by atoms with van der Waals surface area (Å²) in [6.45, 7) is 1.82. The molecule has 0 N–H and O–H groups in total. The lowest BCUT2D eigenvalue weighted by molar-refractivity contribution is 0.429. The molecule has 0 spiro atoms. The first-order chi connectivity index (χ1) is 7.59. The lowest BCUT2D eigenvalue weighted by Crippen LogP contribution is -2.11. The molecule has 0 radical (unpaired) electrons. The van der Waals surface area contributed by atoms with Crippen molar-refractivity contribution < 1.29 is 8.78 Å². The smallest absolute Gasteiger partial charge is 0.225 e. The Labute approximate surface area is 105 Å². The average Bonchev–Trinajstić information content (AvgIpc) is 2.60. The highest BCUT2D eigenvalue weighted by Gasteiger charge is 2.15. The normalized spacial score (nSPS) is 12.8. The molecule has 0 aliphatic rings. The molecular formula is C11H9F2IN2. The Kier molecular flexibility index (Phi) is 3.22. The van der Waals surface area contributed by atoms with E-state index in [1.54, 1.807) is 12.1 Å². The van der Waals surface area contributed by atoms with Crippen LogP contribution in [0.2, 0.25) is 0 Å². The van der Waals surface area contributed by atoms with Crippen LogP contribution in [0.25, 0.3) is 0 Å². The first-order valence-corrected chi connectivity index (χ1v) is 5.81. The molecule has 1 unspecified atom stereocenters. The first-order valence-electron chi connectivity index (χ1n) is 4.73. The molecule has 84 valence electrons. The van der Waals surface area contributed by atoms with Crippen molar-refractivity contribution in [2.75, 3.05) is 0 Å². The summed E-state index contributed by atoms with van der Waals surface area (Å²) in [6.07, 6.45) is 1.47. The van der Waals surface area contributed by atoms with Crippen LogP contribution in [0, 0.1) is 15.3 Å². The summed E-state index contributed by atoms with van der Waals surface area (Å²) in [7, 11) is 0. The third-order valence-corrected chi connectivity index (χ3v) is 3.14. The van der Waals surface area contributed by atoms with Crippen molar-refractivity contribution in [1.82, 2.24) is 9.78 Å². The van der Waals surface area contributed by atoms with Crippen molar-refractivity contribution in [1.29, 1.82) is 0 Å². The second-order valence-electron chi connectivity index (χ2n) is 3.46. The molecule has 2 rings (SSSR count). The average molecular weight is 334 g/mol. The van der Waals surface area contributed by atoms with Crippen LogP contribution in [0.3, 0.4) is 0 Å². The molecule has 0 aliphatic carbocycles. The van der Waals surface area contributed by atoms with Crippen LogP contribution in [0.1, 0.15) is 18.5 Å². The zero-order valence-corrected chi connectivity index (χ0v) is 10.6. The number of benzene rings is 1. The molecule has 0 saturated carbocycles. The number of aromatic nitrogens is 2. The van der Waals surface area contributed by atoms with Crippen molar-refractivity contribution in [3.05, 3.63) is 51.4 Å². The van der Waals surface area contributed by atoms with Crippen molar-refractivity contribution in [2.45, 2.75) is 13.0 Å². The fraction of sp³-hybridized carbons (Fsp3) is 0.182. The largest absolute Gasteiger partial charge is 0.231 e. The van der Waals surface area contributed by atoms with Gasteiger partial charge in [-0.3, -0.25) is 0 Å². The van der Waals surface area contributed by atoms with E-state index in [0.29, 0.717) is 3.57 Å². The van der Waals surface area contributed by atoms with Gasteiger partial charge in [-0.05, 0) is 47.2 Å². The van der Waals surface area contributed by atoms with E-state index >= 15 is 0 Å². The minimum Gasteiger partial charge on any atom is -0.231 e. The maximum Gasteiger partial charge on any atom is 0.225 e. The first kappa shape index (κ1) is 11.5. The maximum absolute atomic E-state index is 13.6. The Hall–Kier alpha value is -0.980. The fourth-order valence-electron chi connectivity index (χ4n) is 1.48. The van der Waals surface area contributed by atoms with Gasteiger partial charge in [0.25, 0.3) is 0 Å². The SMILES string of the molecule is CC(c1ccc(F)cc1)n1ncc(I)c1F. The van der Waals surface area contributed by atoms with E-state index < -0.39 is 0 Å². The van der Waals surface area contributed by atoms with Crippen molar-refractivity contribution >= 4 is 22.6 Å². The summed E-state index contributed by atoms with van der Waals surface area (Å²) in [5, 5.41) is 3.95. The third-order valence-electron chi connectivity index (χ3n) is 2.41. The topological polar surface area (TPSA) is 17.8 Å². The molecule has 2 nitrogen and oxygen atoms in total. The predicted molar refractivity (Wildman–Crippen MR) is 65.1 cm³/mol. The molecule has 0 amide bonds. The van der Waals surface area contributed by atoms with Crippen LogP contribution < -0.4 is 0 Å². The molecule has 0 aliphatic heterocycles. The molecule has 1 aromatic carbocycles. The minimum atomic E-state index is -0.363. The number of hydrogen-bond acceptors (Lipinski definition) is 1. The number of halogens is 3. The zero-order valence-electron chi connectivity index (χ0n) is 8.49. The highest BCUT2D eigenvalue weighted by molar-refractivity contribution is 14.1. The standard InChI is InChI=1S/C11H9F2IN2/c1-7(8-2-4-9(12)5-3-8)16-11(13)10(14)6-15-16/h2-7H,1H3. The number of rotatable bonds is 2. The van der Waals surface area contributed by atoms with Crippen LogP contribution in [-0.4, -0.2) is 9.78 Å². The predicted octanol–water partition coefficient (Wildman–Crippen LogP) is 3.38. The van der Waals surface area contributed by atoms with Crippen molar-refractivity contribution in [3.63, 3.8) is 0 Å². The monoisotopic (exact) mass is 334 g/mol. The van der Waals surface area contributed by atoms with E-state index in [0.717, 1.165) is 5.56 Å². The van der Waals surface area contributed by atoms with E-state index in [1.807, 2.05) is 29.5 Å². The van der Waals surface area contributed by atoms with Crippen LogP contribution in [-0.2, 0) is 0 Å². The lowest BCUT2D eigenvalue weighted by Gasteiger charge is -2.12. The molecule has 0 bridgehead atoms. The molecule has 16 heavy (non-hydrogen) atoms. The van der Waals surface area contributed by atoms with Crippen molar-refractivity contribution in [3.8, 4) is 0 Å². The van der Waals surface area contributed by atoms with Gasteiger partial charge in [0.1, 0.15) is 5.82 Å².